The van der Waals surface area contributed by atoms with Crippen LogP contribution in [0.3, 0.4) is 0 Å². The lowest BCUT2D eigenvalue weighted by Crippen LogP contribution is -2.34. The Morgan fingerprint density at radius 2 is 1.97 bits per heavy atom. The summed E-state index contributed by atoms with van der Waals surface area (Å²) in [5, 5.41) is 6.83. The van der Waals surface area contributed by atoms with Crippen LogP contribution in [0.25, 0.3) is 11.0 Å². The summed E-state index contributed by atoms with van der Waals surface area (Å²) in [7, 11) is 1.66. The number of benzene rings is 1. The molecule has 0 saturated carbocycles. The Balaban J connectivity index is 1.93. The quantitative estimate of drug-likeness (QED) is 0.424. The SMILES string of the molecule is CCCC[C@](C)(CC)Nc1nc(NCc2ccc(C)cc2OC)nc2cc(F)cnc12. The molecule has 7 heteroatoms. The molecule has 3 aromatic rings. The third-order valence-corrected chi connectivity index (χ3v) is 5.66. The van der Waals surface area contributed by atoms with Crippen LogP contribution in [-0.2, 0) is 6.54 Å². The van der Waals surface area contributed by atoms with E-state index in [9.17, 15) is 4.39 Å². The number of aromatic nitrogens is 3. The van der Waals surface area contributed by atoms with Crippen molar-refractivity contribution in [3.63, 3.8) is 0 Å². The number of rotatable bonds is 10. The number of pyridine rings is 1. The summed E-state index contributed by atoms with van der Waals surface area (Å²) < 4.78 is 19.4. The molecule has 6 nitrogen and oxygen atoms in total. The van der Waals surface area contributed by atoms with Gasteiger partial charge < -0.3 is 15.4 Å². The van der Waals surface area contributed by atoms with Crippen LogP contribution in [0.4, 0.5) is 16.2 Å². The largest absolute Gasteiger partial charge is 0.496 e. The first kappa shape index (κ1) is 22.7. The molecule has 0 bridgehead atoms. The second-order valence-electron chi connectivity index (χ2n) is 8.23. The lowest BCUT2D eigenvalue weighted by molar-refractivity contribution is 0.410. The molecule has 0 spiro atoms. The Morgan fingerprint density at radius 1 is 1.16 bits per heavy atom. The smallest absolute Gasteiger partial charge is 0.225 e. The van der Waals surface area contributed by atoms with Gasteiger partial charge in [0.15, 0.2) is 5.82 Å². The topological polar surface area (TPSA) is 72.0 Å². The van der Waals surface area contributed by atoms with Crippen molar-refractivity contribution in [2.45, 2.75) is 65.5 Å². The second-order valence-corrected chi connectivity index (χ2v) is 8.23. The maximum Gasteiger partial charge on any atom is 0.225 e. The summed E-state index contributed by atoms with van der Waals surface area (Å²) in [5.74, 6) is 1.41. The van der Waals surface area contributed by atoms with E-state index < -0.39 is 5.82 Å². The van der Waals surface area contributed by atoms with Crippen molar-refractivity contribution in [3.8, 4) is 5.75 Å². The molecule has 3 rings (SSSR count). The standard InChI is InChI=1S/C24H32FN5O/c1-6-8-11-24(4,7-2)30-22-21-19(13-18(25)15-26-21)28-23(29-22)27-14-17-10-9-16(3)12-20(17)31-5/h9-10,12-13,15H,6-8,11,14H2,1-5H3,(H2,27,28,29,30)/t24-/m0/s1. The third-order valence-electron chi connectivity index (χ3n) is 5.66. The number of unbranched alkanes of at least 4 members (excludes halogenated alkanes) is 1. The van der Waals surface area contributed by atoms with Gasteiger partial charge in [-0.1, -0.05) is 38.8 Å². The minimum Gasteiger partial charge on any atom is -0.496 e. The first-order valence-corrected chi connectivity index (χ1v) is 10.9. The number of ether oxygens (including phenoxy) is 1. The minimum atomic E-state index is -0.424. The van der Waals surface area contributed by atoms with E-state index in [2.05, 4.69) is 41.4 Å². The van der Waals surface area contributed by atoms with Gasteiger partial charge in [-0.3, -0.25) is 0 Å². The van der Waals surface area contributed by atoms with Crippen LogP contribution in [0.1, 0.15) is 57.6 Å². The zero-order chi connectivity index (χ0) is 22.4. The highest BCUT2D eigenvalue weighted by atomic mass is 19.1. The van der Waals surface area contributed by atoms with Gasteiger partial charge >= 0.3 is 0 Å². The molecule has 166 valence electrons. The van der Waals surface area contributed by atoms with E-state index >= 15 is 0 Å². The number of nitrogens with zero attached hydrogens (tertiary/aromatic N) is 3. The predicted octanol–water partition coefficient (Wildman–Crippen LogP) is 5.86. The minimum absolute atomic E-state index is 0.134. The van der Waals surface area contributed by atoms with Gasteiger partial charge in [0.1, 0.15) is 17.1 Å². The van der Waals surface area contributed by atoms with Crippen molar-refractivity contribution in [2.75, 3.05) is 17.7 Å². The fourth-order valence-corrected chi connectivity index (χ4v) is 3.51. The number of halogens is 1. The van der Waals surface area contributed by atoms with Gasteiger partial charge in [0.2, 0.25) is 5.95 Å². The fourth-order valence-electron chi connectivity index (χ4n) is 3.51. The second kappa shape index (κ2) is 9.90. The van der Waals surface area contributed by atoms with Gasteiger partial charge in [-0.25, -0.2) is 14.4 Å². The van der Waals surface area contributed by atoms with Crippen LogP contribution in [0.15, 0.2) is 30.5 Å². The molecule has 2 heterocycles. The molecule has 0 radical (unpaired) electrons. The lowest BCUT2D eigenvalue weighted by Gasteiger charge is -2.30. The zero-order valence-corrected chi connectivity index (χ0v) is 19.1. The van der Waals surface area contributed by atoms with E-state index in [1.165, 1.54) is 12.3 Å². The molecule has 0 unspecified atom stereocenters. The highest BCUT2D eigenvalue weighted by molar-refractivity contribution is 5.86. The van der Waals surface area contributed by atoms with Crippen molar-refractivity contribution in [1.29, 1.82) is 0 Å². The van der Waals surface area contributed by atoms with Crippen LogP contribution >= 0.6 is 0 Å². The summed E-state index contributed by atoms with van der Waals surface area (Å²) in [4.78, 5) is 13.5. The Kier molecular flexibility index (Phi) is 7.25. The highest BCUT2D eigenvalue weighted by Crippen LogP contribution is 2.28. The molecular formula is C24H32FN5O. The molecule has 31 heavy (non-hydrogen) atoms. The van der Waals surface area contributed by atoms with E-state index in [1.807, 2.05) is 25.1 Å². The normalized spacial score (nSPS) is 13.1. The fraction of sp³-hybridized carbons (Fsp3) is 0.458. The molecule has 2 N–H and O–H groups in total. The summed E-state index contributed by atoms with van der Waals surface area (Å²) >= 11 is 0. The number of hydrogen-bond donors (Lipinski definition) is 2. The van der Waals surface area contributed by atoms with E-state index in [-0.39, 0.29) is 5.54 Å². The molecule has 0 amide bonds. The Labute approximate surface area is 183 Å². The lowest BCUT2D eigenvalue weighted by atomic mass is 9.92. The van der Waals surface area contributed by atoms with E-state index in [0.29, 0.717) is 29.3 Å². The number of hydrogen-bond acceptors (Lipinski definition) is 6. The molecular weight excluding hydrogens is 393 g/mol. The molecule has 2 aromatic heterocycles. The van der Waals surface area contributed by atoms with Gasteiger partial charge in [0.25, 0.3) is 0 Å². The molecule has 0 aliphatic heterocycles. The molecule has 0 saturated heterocycles. The first-order valence-electron chi connectivity index (χ1n) is 10.9. The summed E-state index contributed by atoms with van der Waals surface area (Å²) in [5.41, 5.74) is 3.01. The van der Waals surface area contributed by atoms with Crippen molar-refractivity contribution in [2.24, 2.45) is 0 Å². The first-order chi connectivity index (χ1) is 14.9. The number of nitrogens with one attached hydrogen (secondary N) is 2. The van der Waals surface area contributed by atoms with Crippen LogP contribution in [0.5, 0.6) is 5.75 Å². The Morgan fingerprint density at radius 3 is 2.68 bits per heavy atom. The maximum atomic E-state index is 13.9. The summed E-state index contributed by atoms with van der Waals surface area (Å²) in [6.45, 7) is 9.03. The van der Waals surface area contributed by atoms with Crippen molar-refractivity contribution >= 4 is 22.8 Å². The molecule has 0 aliphatic carbocycles. The van der Waals surface area contributed by atoms with Crippen molar-refractivity contribution in [3.05, 3.63) is 47.4 Å². The number of fused-ring (bicyclic) bond motifs is 1. The van der Waals surface area contributed by atoms with Gasteiger partial charge in [-0.2, -0.15) is 4.98 Å². The van der Waals surface area contributed by atoms with E-state index in [4.69, 9.17) is 9.72 Å². The van der Waals surface area contributed by atoms with Gasteiger partial charge in [0.05, 0.1) is 18.8 Å². The number of anilines is 2. The number of methoxy groups -OCH3 is 1. The van der Waals surface area contributed by atoms with Gasteiger partial charge in [-0.15, -0.1) is 0 Å². The average molecular weight is 426 g/mol. The van der Waals surface area contributed by atoms with Gasteiger partial charge in [0, 0.05) is 23.7 Å². The molecule has 1 aromatic carbocycles. The zero-order valence-electron chi connectivity index (χ0n) is 19.1. The average Bonchev–Trinajstić information content (AvgIpc) is 2.76. The summed E-state index contributed by atoms with van der Waals surface area (Å²) in [6, 6.07) is 7.43. The van der Waals surface area contributed by atoms with Crippen LogP contribution in [-0.4, -0.2) is 27.6 Å². The van der Waals surface area contributed by atoms with E-state index in [1.54, 1.807) is 7.11 Å². The van der Waals surface area contributed by atoms with Crippen LogP contribution in [0, 0.1) is 12.7 Å². The highest BCUT2D eigenvalue weighted by Gasteiger charge is 2.24. The predicted molar refractivity (Wildman–Crippen MR) is 124 cm³/mol. The van der Waals surface area contributed by atoms with Crippen LogP contribution in [0.2, 0.25) is 0 Å². The van der Waals surface area contributed by atoms with Gasteiger partial charge in [-0.05, 0) is 38.3 Å². The molecule has 0 fully saturated rings. The number of aryl methyl sites for hydroxylation is 1. The van der Waals surface area contributed by atoms with Crippen molar-refractivity contribution < 1.29 is 9.13 Å². The van der Waals surface area contributed by atoms with E-state index in [0.717, 1.165) is 42.6 Å². The van der Waals surface area contributed by atoms with Crippen molar-refractivity contribution in [1.82, 2.24) is 15.0 Å². The Bertz CT molecular complexity index is 1040. The third kappa shape index (κ3) is 5.60. The van der Waals surface area contributed by atoms with Crippen LogP contribution < -0.4 is 15.4 Å². The molecule has 0 aliphatic rings. The maximum absolute atomic E-state index is 13.9. The summed E-state index contributed by atoms with van der Waals surface area (Å²) in [6.07, 6.45) is 5.38. The Hall–Kier alpha value is -2.96. The molecule has 1 atom stereocenters. The monoisotopic (exact) mass is 425 g/mol.